The van der Waals surface area contributed by atoms with Crippen LogP contribution in [0.1, 0.15) is 51.3 Å². The number of aliphatic imine (C=N–C) groups is 1. The molecule has 2 aromatic rings. The molecule has 30 heavy (non-hydrogen) atoms. The predicted octanol–water partition coefficient (Wildman–Crippen LogP) is 7.09. The first-order valence-electron chi connectivity index (χ1n) is 9.89. The fraction of sp³-hybridized carbons (Fsp3) is 0.333. The van der Waals surface area contributed by atoms with Gasteiger partial charge in [0.05, 0.1) is 12.3 Å². The van der Waals surface area contributed by atoms with Gasteiger partial charge >= 0.3 is 5.97 Å². The van der Waals surface area contributed by atoms with E-state index in [1.165, 1.54) is 6.42 Å². The SMILES string of the molecule is C/C=C\C(=NC)c1cc(Cl)ccc1OC(C(=O)OCC)c1ccc(Cl)cc1.CCC. The van der Waals surface area contributed by atoms with Crippen LogP contribution in [0.2, 0.25) is 10.0 Å². The van der Waals surface area contributed by atoms with Gasteiger partial charge in [-0.15, -0.1) is 0 Å². The molecule has 162 valence electrons. The number of allylic oxidation sites excluding steroid dienone is 2. The number of carbonyl (C=O) groups excluding carboxylic acids is 1. The minimum absolute atomic E-state index is 0.250. The summed E-state index contributed by atoms with van der Waals surface area (Å²) in [6.45, 7) is 8.14. The summed E-state index contributed by atoms with van der Waals surface area (Å²) in [6, 6.07) is 12.0. The number of nitrogens with zero attached hydrogens (tertiary/aromatic N) is 1. The number of benzene rings is 2. The molecule has 1 unspecified atom stereocenters. The van der Waals surface area contributed by atoms with Crippen LogP contribution >= 0.6 is 23.2 Å². The van der Waals surface area contributed by atoms with Crippen LogP contribution in [0.3, 0.4) is 0 Å². The minimum atomic E-state index is -0.939. The molecule has 2 rings (SSSR count). The molecule has 0 aliphatic heterocycles. The first-order valence-corrected chi connectivity index (χ1v) is 10.6. The van der Waals surface area contributed by atoms with Crippen LogP contribution in [0.4, 0.5) is 0 Å². The molecule has 4 nitrogen and oxygen atoms in total. The third kappa shape index (κ3) is 7.85. The molecule has 0 bridgehead atoms. The average molecular weight is 450 g/mol. The molecule has 1 atom stereocenters. The summed E-state index contributed by atoms with van der Waals surface area (Å²) in [6.07, 6.45) is 4.03. The van der Waals surface area contributed by atoms with E-state index in [0.717, 1.165) is 0 Å². The Balaban J connectivity index is 0.00000141. The van der Waals surface area contributed by atoms with E-state index in [1.54, 1.807) is 56.4 Å². The molecule has 0 saturated heterocycles. The highest BCUT2D eigenvalue weighted by atomic mass is 35.5. The summed E-state index contributed by atoms with van der Waals surface area (Å²) < 4.78 is 11.3. The van der Waals surface area contributed by atoms with Crippen molar-refractivity contribution in [2.75, 3.05) is 13.7 Å². The van der Waals surface area contributed by atoms with Gasteiger partial charge in [0.15, 0.2) is 0 Å². The Labute approximate surface area is 189 Å². The molecule has 0 fully saturated rings. The number of hydrogen-bond acceptors (Lipinski definition) is 4. The summed E-state index contributed by atoms with van der Waals surface area (Å²) in [4.78, 5) is 16.8. The van der Waals surface area contributed by atoms with Crippen molar-refractivity contribution in [1.29, 1.82) is 0 Å². The molecule has 0 saturated carbocycles. The van der Waals surface area contributed by atoms with Gasteiger partial charge in [0.2, 0.25) is 6.10 Å². The zero-order chi connectivity index (χ0) is 22.5. The Bertz CT molecular complexity index is 861. The third-order valence-corrected chi connectivity index (χ3v) is 4.19. The molecule has 0 radical (unpaired) electrons. The van der Waals surface area contributed by atoms with Gasteiger partial charge in [-0.05, 0) is 50.3 Å². The smallest absolute Gasteiger partial charge is 0.352 e. The van der Waals surface area contributed by atoms with Crippen LogP contribution < -0.4 is 4.74 Å². The van der Waals surface area contributed by atoms with Crippen LogP contribution in [0.15, 0.2) is 59.6 Å². The van der Waals surface area contributed by atoms with Gasteiger partial charge in [-0.3, -0.25) is 4.99 Å². The molecular formula is C24H29Cl2NO3. The molecule has 6 heteroatoms. The van der Waals surface area contributed by atoms with E-state index in [-0.39, 0.29) is 6.61 Å². The van der Waals surface area contributed by atoms with Crippen molar-refractivity contribution in [3.8, 4) is 5.75 Å². The summed E-state index contributed by atoms with van der Waals surface area (Å²) in [7, 11) is 1.68. The molecule has 0 aromatic heterocycles. The molecule has 0 heterocycles. The van der Waals surface area contributed by atoms with Gasteiger partial charge in [0.1, 0.15) is 5.75 Å². The zero-order valence-electron chi connectivity index (χ0n) is 18.1. The summed E-state index contributed by atoms with van der Waals surface area (Å²) in [5, 5.41) is 1.12. The second-order valence-electron chi connectivity index (χ2n) is 6.26. The van der Waals surface area contributed by atoms with Crippen molar-refractivity contribution in [1.82, 2.24) is 0 Å². The van der Waals surface area contributed by atoms with Crippen molar-refractivity contribution in [2.24, 2.45) is 4.99 Å². The Kier molecular flexibility index (Phi) is 11.9. The predicted molar refractivity (Wildman–Crippen MR) is 126 cm³/mol. The molecule has 0 aliphatic carbocycles. The summed E-state index contributed by atoms with van der Waals surface area (Å²) in [5.74, 6) is -0.00662. The lowest BCUT2D eigenvalue weighted by atomic mass is 10.1. The summed E-state index contributed by atoms with van der Waals surface area (Å²) in [5.41, 5.74) is 2.01. The maximum Gasteiger partial charge on any atom is 0.352 e. The lowest BCUT2D eigenvalue weighted by Crippen LogP contribution is -2.22. The molecular weight excluding hydrogens is 421 g/mol. The van der Waals surface area contributed by atoms with Crippen molar-refractivity contribution in [3.05, 3.63) is 75.8 Å². The van der Waals surface area contributed by atoms with Gasteiger partial charge in [0, 0.05) is 28.2 Å². The number of ether oxygens (including phenoxy) is 2. The van der Waals surface area contributed by atoms with E-state index in [4.69, 9.17) is 32.7 Å². The lowest BCUT2D eigenvalue weighted by Gasteiger charge is -2.20. The first-order chi connectivity index (χ1) is 14.4. The van der Waals surface area contributed by atoms with Gasteiger partial charge in [-0.25, -0.2) is 4.79 Å². The largest absolute Gasteiger partial charge is 0.473 e. The van der Waals surface area contributed by atoms with Gasteiger partial charge in [-0.1, -0.05) is 61.7 Å². The van der Waals surface area contributed by atoms with Crippen LogP contribution in [-0.2, 0) is 9.53 Å². The van der Waals surface area contributed by atoms with Crippen LogP contribution in [0.5, 0.6) is 5.75 Å². The second-order valence-corrected chi connectivity index (χ2v) is 7.13. The molecule has 0 aliphatic rings. The maximum atomic E-state index is 12.5. The number of hydrogen-bond donors (Lipinski definition) is 0. The van der Waals surface area contributed by atoms with E-state index in [1.807, 2.05) is 19.1 Å². The molecule has 2 aromatic carbocycles. The van der Waals surface area contributed by atoms with Crippen molar-refractivity contribution < 1.29 is 14.3 Å². The van der Waals surface area contributed by atoms with Gasteiger partial charge in [-0.2, -0.15) is 0 Å². The van der Waals surface area contributed by atoms with E-state index in [9.17, 15) is 4.79 Å². The van der Waals surface area contributed by atoms with E-state index in [2.05, 4.69) is 18.8 Å². The Morgan fingerprint density at radius 2 is 1.67 bits per heavy atom. The fourth-order valence-corrected chi connectivity index (χ4v) is 2.78. The number of halogens is 2. The van der Waals surface area contributed by atoms with E-state index >= 15 is 0 Å². The van der Waals surface area contributed by atoms with Crippen LogP contribution in [-0.4, -0.2) is 25.3 Å². The normalized spacial score (nSPS) is 12.2. The fourth-order valence-electron chi connectivity index (χ4n) is 2.48. The second kappa shape index (κ2) is 13.8. The Morgan fingerprint density at radius 1 is 1.07 bits per heavy atom. The highest BCUT2D eigenvalue weighted by Crippen LogP contribution is 2.30. The zero-order valence-corrected chi connectivity index (χ0v) is 19.6. The maximum absolute atomic E-state index is 12.5. The average Bonchev–Trinajstić information content (AvgIpc) is 2.72. The highest BCUT2D eigenvalue weighted by molar-refractivity contribution is 6.31. The Morgan fingerprint density at radius 3 is 2.20 bits per heavy atom. The van der Waals surface area contributed by atoms with Crippen molar-refractivity contribution in [2.45, 2.75) is 40.2 Å². The number of esters is 1. The Hall–Kier alpha value is -2.30. The minimum Gasteiger partial charge on any atom is -0.473 e. The first kappa shape index (κ1) is 25.7. The molecule has 0 N–H and O–H groups in total. The van der Waals surface area contributed by atoms with Crippen LogP contribution in [0, 0.1) is 0 Å². The monoisotopic (exact) mass is 449 g/mol. The van der Waals surface area contributed by atoms with Crippen LogP contribution in [0.25, 0.3) is 0 Å². The number of rotatable bonds is 7. The third-order valence-electron chi connectivity index (χ3n) is 3.70. The molecule has 0 spiro atoms. The van der Waals surface area contributed by atoms with E-state index < -0.39 is 12.1 Å². The standard InChI is InChI=1S/C21H21Cl2NO3.C3H8/c1-4-6-18(24-3)17-13-16(23)11-12-19(17)27-20(21(25)26-5-2)14-7-9-15(22)10-8-14;1-3-2/h4,6-13,20H,5H2,1-3H3;3H2,1-2H3/b6-4-,24-18?;. The highest BCUT2D eigenvalue weighted by Gasteiger charge is 2.26. The molecule has 0 amide bonds. The van der Waals surface area contributed by atoms with Gasteiger partial charge in [0.25, 0.3) is 0 Å². The van der Waals surface area contributed by atoms with Crippen molar-refractivity contribution in [3.63, 3.8) is 0 Å². The number of carbonyl (C=O) groups is 1. The summed E-state index contributed by atoms with van der Waals surface area (Å²) >= 11 is 12.1. The van der Waals surface area contributed by atoms with Gasteiger partial charge < -0.3 is 9.47 Å². The topological polar surface area (TPSA) is 47.9 Å². The quantitative estimate of drug-likeness (QED) is 0.334. The van der Waals surface area contributed by atoms with E-state index in [0.29, 0.717) is 32.6 Å². The lowest BCUT2D eigenvalue weighted by molar-refractivity contribution is -0.151. The van der Waals surface area contributed by atoms with Crippen molar-refractivity contribution >= 4 is 34.9 Å².